The van der Waals surface area contributed by atoms with E-state index in [9.17, 15) is 5.11 Å². The van der Waals surface area contributed by atoms with Crippen molar-refractivity contribution in [3.63, 3.8) is 0 Å². The van der Waals surface area contributed by atoms with Crippen LogP contribution >= 0.6 is 0 Å². The SMILES string of the molecule is NC(=NCC(O)CN1CCOCC1)N1CCOCC1. The molecule has 0 saturated carbocycles. The number of ether oxygens (including phenoxy) is 2. The Morgan fingerprint density at radius 3 is 2.32 bits per heavy atom. The van der Waals surface area contributed by atoms with E-state index in [2.05, 4.69) is 9.89 Å². The number of nitrogens with two attached hydrogens (primary N) is 1. The maximum atomic E-state index is 9.96. The summed E-state index contributed by atoms with van der Waals surface area (Å²) in [4.78, 5) is 8.45. The Morgan fingerprint density at radius 2 is 1.68 bits per heavy atom. The lowest BCUT2D eigenvalue weighted by Crippen LogP contribution is -2.45. The Hall–Kier alpha value is -0.890. The number of aliphatic hydroxyl groups excluding tert-OH is 1. The molecule has 0 radical (unpaired) electrons. The van der Waals surface area contributed by atoms with E-state index in [1.807, 2.05) is 4.90 Å². The maximum absolute atomic E-state index is 9.96. The molecule has 2 heterocycles. The molecule has 0 bridgehead atoms. The van der Waals surface area contributed by atoms with Crippen LogP contribution in [0.1, 0.15) is 0 Å². The number of hydrogen-bond donors (Lipinski definition) is 2. The van der Waals surface area contributed by atoms with E-state index in [0.717, 1.165) is 39.4 Å². The smallest absolute Gasteiger partial charge is 0.191 e. The van der Waals surface area contributed by atoms with E-state index in [1.54, 1.807) is 0 Å². The number of hydrogen-bond acceptors (Lipinski definition) is 5. The normalized spacial score (nSPS) is 24.5. The summed E-state index contributed by atoms with van der Waals surface area (Å²) in [5, 5.41) is 9.96. The van der Waals surface area contributed by atoms with Gasteiger partial charge in [0.1, 0.15) is 0 Å². The van der Waals surface area contributed by atoms with Gasteiger partial charge >= 0.3 is 0 Å². The molecule has 0 aromatic rings. The Kier molecular flexibility index (Phi) is 5.84. The zero-order valence-electron chi connectivity index (χ0n) is 11.3. The molecule has 2 fully saturated rings. The summed E-state index contributed by atoms with van der Waals surface area (Å²) in [7, 11) is 0. The topological polar surface area (TPSA) is 83.5 Å². The molecule has 1 atom stereocenters. The van der Waals surface area contributed by atoms with Crippen LogP contribution in [0.2, 0.25) is 0 Å². The minimum atomic E-state index is -0.474. The van der Waals surface area contributed by atoms with Crippen LogP contribution in [0.25, 0.3) is 0 Å². The van der Waals surface area contributed by atoms with Crippen molar-refractivity contribution in [2.24, 2.45) is 10.7 Å². The summed E-state index contributed by atoms with van der Waals surface area (Å²) in [5.74, 6) is 0.504. The van der Waals surface area contributed by atoms with Crippen molar-refractivity contribution in [3.05, 3.63) is 0 Å². The van der Waals surface area contributed by atoms with E-state index in [4.69, 9.17) is 15.2 Å². The number of β-amino-alcohol motifs (C(OH)–C–C–N with tert-alkyl or cyclic N) is 1. The number of nitrogens with zero attached hydrogens (tertiary/aromatic N) is 3. The van der Waals surface area contributed by atoms with Gasteiger partial charge in [0.15, 0.2) is 5.96 Å². The molecule has 110 valence electrons. The average molecular weight is 272 g/mol. The molecule has 0 aliphatic carbocycles. The average Bonchev–Trinajstić information content (AvgIpc) is 2.47. The molecular formula is C12H24N4O3. The minimum Gasteiger partial charge on any atom is -0.390 e. The van der Waals surface area contributed by atoms with Crippen molar-refractivity contribution in [2.75, 3.05) is 65.7 Å². The standard InChI is InChI=1S/C12H24N4O3/c13-12(16-3-7-19-8-4-16)14-9-11(17)10-15-1-5-18-6-2-15/h11,17H,1-10H2,(H2,13,14). The highest BCUT2D eigenvalue weighted by Gasteiger charge is 2.16. The summed E-state index contributed by atoms with van der Waals surface area (Å²) in [6.07, 6.45) is -0.474. The molecule has 2 aliphatic rings. The van der Waals surface area contributed by atoms with Gasteiger partial charge in [-0.1, -0.05) is 0 Å². The molecular weight excluding hydrogens is 248 g/mol. The van der Waals surface area contributed by atoms with Gasteiger partial charge in [-0.2, -0.15) is 0 Å². The Bertz CT molecular complexity index is 289. The lowest BCUT2D eigenvalue weighted by Gasteiger charge is -2.29. The van der Waals surface area contributed by atoms with E-state index in [-0.39, 0.29) is 0 Å². The summed E-state index contributed by atoms with van der Waals surface area (Å²) in [6.45, 7) is 7.13. The van der Waals surface area contributed by atoms with Crippen LogP contribution in [0, 0.1) is 0 Å². The fraction of sp³-hybridized carbons (Fsp3) is 0.917. The van der Waals surface area contributed by atoms with Gasteiger partial charge in [-0.05, 0) is 0 Å². The van der Waals surface area contributed by atoms with E-state index >= 15 is 0 Å². The molecule has 0 spiro atoms. The number of aliphatic hydroxyl groups is 1. The van der Waals surface area contributed by atoms with Crippen LogP contribution in [0.4, 0.5) is 0 Å². The van der Waals surface area contributed by atoms with Crippen molar-refractivity contribution in [1.82, 2.24) is 9.80 Å². The molecule has 2 rings (SSSR count). The van der Waals surface area contributed by atoms with Crippen LogP contribution in [0.3, 0.4) is 0 Å². The predicted molar refractivity (Wildman–Crippen MR) is 72.1 cm³/mol. The summed E-state index contributed by atoms with van der Waals surface area (Å²) in [5.41, 5.74) is 5.91. The molecule has 1 unspecified atom stereocenters. The Morgan fingerprint density at radius 1 is 1.11 bits per heavy atom. The van der Waals surface area contributed by atoms with E-state index in [1.165, 1.54) is 0 Å². The summed E-state index contributed by atoms with van der Waals surface area (Å²) >= 11 is 0. The van der Waals surface area contributed by atoms with E-state index < -0.39 is 6.10 Å². The van der Waals surface area contributed by atoms with Gasteiger partial charge in [-0.15, -0.1) is 0 Å². The predicted octanol–water partition coefficient (Wildman–Crippen LogP) is -1.67. The maximum Gasteiger partial charge on any atom is 0.191 e. The molecule has 2 aliphatic heterocycles. The van der Waals surface area contributed by atoms with Crippen LogP contribution in [-0.4, -0.2) is 92.7 Å². The van der Waals surface area contributed by atoms with Crippen LogP contribution < -0.4 is 5.73 Å². The van der Waals surface area contributed by atoms with Gasteiger partial charge < -0.3 is 25.2 Å². The third kappa shape index (κ3) is 4.94. The lowest BCUT2D eigenvalue weighted by atomic mass is 10.3. The van der Waals surface area contributed by atoms with Crippen LogP contribution in [-0.2, 0) is 9.47 Å². The fourth-order valence-corrected chi connectivity index (χ4v) is 2.23. The second-order valence-electron chi connectivity index (χ2n) is 4.87. The number of morpholine rings is 2. The van der Waals surface area contributed by atoms with Gasteiger partial charge in [0, 0.05) is 32.7 Å². The number of aliphatic imine (C=N–C) groups is 1. The van der Waals surface area contributed by atoms with Crippen molar-refractivity contribution in [2.45, 2.75) is 6.10 Å². The highest BCUT2D eigenvalue weighted by Crippen LogP contribution is 2.00. The van der Waals surface area contributed by atoms with Gasteiger partial charge in [0.2, 0.25) is 0 Å². The van der Waals surface area contributed by atoms with Gasteiger partial charge in [-0.25, -0.2) is 0 Å². The van der Waals surface area contributed by atoms with Crippen molar-refractivity contribution < 1.29 is 14.6 Å². The molecule has 0 aromatic heterocycles. The summed E-state index contributed by atoms with van der Waals surface area (Å²) < 4.78 is 10.5. The fourth-order valence-electron chi connectivity index (χ4n) is 2.23. The highest BCUT2D eigenvalue weighted by atomic mass is 16.5. The molecule has 2 saturated heterocycles. The quantitative estimate of drug-likeness (QED) is 0.470. The van der Waals surface area contributed by atoms with Crippen molar-refractivity contribution >= 4 is 5.96 Å². The van der Waals surface area contributed by atoms with Crippen LogP contribution in [0.15, 0.2) is 4.99 Å². The van der Waals surface area contributed by atoms with E-state index in [0.29, 0.717) is 32.3 Å². The van der Waals surface area contributed by atoms with Gasteiger partial charge in [0.25, 0.3) is 0 Å². The van der Waals surface area contributed by atoms with Crippen molar-refractivity contribution in [3.8, 4) is 0 Å². The molecule has 19 heavy (non-hydrogen) atoms. The number of rotatable bonds is 4. The first kappa shape index (κ1) is 14.5. The monoisotopic (exact) mass is 272 g/mol. The van der Waals surface area contributed by atoms with Crippen molar-refractivity contribution in [1.29, 1.82) is 0 Å². The molecule has 0 aromatic carbocycles. The zero-order chi connectivity index (χ0) is 13.5. The summed E-state index contributed by atoms with van der Waals surface area (Å²) in [6, 6.07) is 0. The van der Waals surface area contributed by atoms with Gasteiger partial charge in [0.05, 0.1) is 39.1 Å². The number of guanidine groups is 1. The minimum absolute atomic E-state index is 0.348. The lowest BCUT2D eigenvalue weighted by molar-refractivity contribution is 0.0164. The zero-order valence-corrected chi connectivity index (χ0v) is 11.3. The van der Waals surface area contributed by atoms with Crippen LogP contribution in [0.5, 0.6) is 0 Å². The second kappa shape index (κ2) is 7.64. The highest BCUT2D eigenvalue weighted by molar-refractivity contribution is 5.78. The molecule has 3 N–H and O–H groups in total. The van der Waals surface area contributed by atoms with Gasteiger partial charge in [-0.3, -0.25) is 9.89 Å². The molecule has 7 heteroatoms. The first-order valence-electron chi connectivity index (χ1n) is 6.86. The first-order valence-corrected chi connectivity index (χ1v) is 6.86. The second-order valence-corrected chi connectivity index (χ2v) is 4.87. The third-order valence-corrected chi connectivity index (χ3v) is 3.37. The Labute approximate surface area is 114 Å². The third-order valence-electron chi connectivity index (χ3n) is 3.37. The first-order chi connectivity index (χ1) is 9.25. The molecule has 7 nitrogen and oxygen atoms in total. The largest absolute Gasteiger partial charge is 0.390 e. The molecule has 0 amide bonds. The Balaban J connectivity index is 1.70.